The molecule has 0 spiro atoms. The van der Waals surface area contributed by atoms with Gasteiger partial charge in [-0.15, -0.1) is 0 Å². The van der Waals surface area contributed by atoms with E-state index in [2.05, 4.69) is 152 Å². The number of hydrogen-bond donors (Lipinski definition) is 0. The molecule has 48 heavy (non-hydrogen) atoms. The lowest BCUT2D eigenvalue weighted by Gasteiger charge is -2.27. The second-order valence-corrected chi connectivity index (χ2v) is 14.4. The van der Waals surface area contributed by atoms with Crippen LogP contribution in [0.3, 0.4) is 0 Å². The van der Waals surface area contributed by atoms with Crippen molar-refractivity contribution in [3.63, 3.8) is 0 Å². The number of furan rings is 1. The van der Waals surface area contributed by atoms with E-state index in [0.29, 0.717) is 5.92 Å². The summed E-state index contributed by atoms with van der Waals surface area (Å²) in [6.45, 7) is 4.80. The van der Waals surface area contributed by atoms with E-state index in [4.69, 9.17) is 4.42 Å². The van der Waals surface area contributed by atoms with Crippen LogP contribution in [0.1, 0.15) is 62.1 Å². The van der Waals surface area contributed by atoms with Crippen molar-refractivity contribution in [1.29, 1.82) is 0 Å². The van der Waals surface area contributed by atoms with Crippen molar-refractivity contribution in [3.8, 4) is 11.1 Å². The fourth-order valence-electron chi connectivity index (χ4n) is 9.21. The van der Waals surface area contributed by atoms with Gasteiger partial charge in [0.1, 0.15) is 5.58 Å². The molecule has 1 saturated carbocycles. The third-order valence-corrected chi connectivity index (χ3v) is 11.3. The van der Waals surface area contributed by atoms with Gasteiger partial charge in [-0.05, 0) is 98.5 Å². The maximum absolute atomic E-state index is 6.96. The van der Waals surface area contributed by atoms with Crippen LogP contribution in [0.25, 0.3) is 54.6 Å². The molecule has 0 atom stereocenters. The minimum atomic E-state index is -0.122. The van der Waals surface area contributed by atoms with Crippen LogP contribution >= 0.6 is 0 Å². The summed E-state index contributed by atoms with van der Waals surface area (Å²) in [5.41, 5.74) is 12.1. The highest BCUT2D eigenvalue weighted by atomic mass is 16.3. The van der Waals surface area contributed by atoms with Crippen molar-refractivity contribution in [3.05, 3.63) is 150 Å². The molecule has 0 saturated heterocycles. The van der Waals surface area contributed by atoms with Gasteiger partial charge in [0.25, 0.3) is 0 Å². The zero-order chi connectivity index (χ0) is 32.0. The van der Waals surface area contributed by atoms with Crippen LogP contribution in [-0.2, 0) is 5.41 Å². The topological polar surface area (TPSA) is 16.4 Å². The van der Waals surface area contributed by atoms with Gasteiger partial charge < -0.3 is 9.32 Å². The minimum Gasteiger partial charge on any atom is -0.454 e. The smallest absolute Gasteiger partial charge is 0.159 e. The van der Waals surface area contributed by atoms with Crippen LogP contribution in [0.2, 0.25) is 0 Å². The van der Waals surface area contributed by atoms with Crippen LogP contribution < -0.4 is 4.90 Å². The lowest BCUT2D eigenvalue weighted by Crippen LogP contribution is -2.16. The number of hydrogen-bond acceptors (Lipinski definition) is 2. The van der Waals surface area contributed by atoms with E-state index in [1.54, 1.807) is 0 Å². The van der Waals surface area contributed by atoms with Crippen LogP contribution in [0.4, 0.5) is 17.1 Å². The summed E-state index contributed by atoms with van der Waals surface area (Å²) in [6, 6.07) is 49.2. The molecule has 2 aliphatic carbocycles. The summed E-state index contributed by atoms with van der Waals surface area (Å²) in [6.07, 6.45) is 5.11. The van der Waals surface area contributed by atoms with Crippen molar-refractivity contribution in [2.24, 2.45) is 0 Å². The molecule has 7 aromatic carbocycles. The Balaban J connectivity index is 1.17. The van der Waals surface area contributed by atoms with Gasteiger partial charge in [-0.2, -0.15) is 0 Å². The first-order valence-electron chi connectivity index (χ1n) is 17.5. The summed E-state index contributed by atoms with van der Waals surface area (Å²) in [5.74, 6) is 0.582. The Kier molecular flexibility index (Phi) is 5.97. The molecule has 0 unspecified atom stereocenters. The zero-order valence-electron chi connectivity index (χ0n) is 27.5. The van der Waals surface area contributed by atoms with E-state index in [1.165, 1.54) is 85.8 Å². The van der Waals surface area contributed by atoms with Crippen molar-refractivity contribution < 1.29 is 4.42 Å². The first kappa shape index (κ1) is 27.7. The molecule has 2 aliphatic rings. The number of benzene rings is 7. The first-order chi connectivity index (χ1) is 23.6. The summed E-state index contributed by atoms with van der Waals surface area (Å²) < 4.78 is 6.96. The van der Waals surface area contributed by atoms with E-state index >= 15 is 0 Å². The normalized spacial score (nSPS) is 15.5. The molecular weight excluding hydrogens is 583 g/mol. The van der Waals surface area contributed by atoms with Gasteiger partial charge in [0.05, 0.1) is 5.69 Å². The molecule has 1 heterocycles. The highest BCUT2D eigenvalue weighted by Gasteiger charge is 2.38. The average Bonchev–Trinajstić information content (AvgIpc) is 3.85. The van der Waals surface area contributed by atoms with Gasteiger partial charge in [0.15, 0.2) is 5.58 Å². The van der Waals surface area contributed by atoms with E-state index in [-0.39, 0.29) is 5.41 Å². The molecule has 2 nitrogen and oxygen atoms in total. The largest absolute Gasteiger partial charge is 0.454 e. The molecule has 0 N–H and O–H groups in total. The van der Waals surface area contributed by atoms with E-state index in [0.717, 1.165) is 28.2 Å². The summed E-state index contributed by atoms with van der Waals surface area (Å²) in [4.78, 5) is 2.38. The standard InChI is InChI=1S/C46H37NO/c1-46(2)42-34-17-9-8-14-30(34)22-25-37(42)38-26-23-31-28-33(24-27-35(31)43(38)46)47(32-15-4-3-5-16-32)41-21-11-20-40-39-19-10-18-36(29-12-6-7-13-29)44(39)48-45(40)41/h3-5,8-11,14-29H,6-7,12-13H2,1-2H3. The highest BCUT2D eigenvalue weighted by molar-refractivity contribution is 6.11. The molecule has 1 aromatic heterocycles. The predicted octanol–water partition coefficient (Wildman–Crippen LogP) is 13.3. The Labute approximate surface area is 281 Å². The summed E-state index contributed by atoms with van der Waals surface area (Å²) in [5, 5.41) is 7.61. The van der Waals surface area contributed by atoms with Gasteiger partial charge in [0, 0.05) is 27.6 Å². The van der Waals surface area contributed by atoms with Gasteiger partial charge in [-0.1, -0.05) is 130 Å². The third-order valence-electron chi connectivity index (χ3n) is 11.3. The number of fused-ring (bicyclic) bond motifs is 10. The third kappa shape index (κ3) is 3.92. The molecule has 8 aromatic rings. The summed E-state index contributed by atoms with van der Waals surface area (Å²) in [7, 11) is 0. The van der Waals surface area contributed by atoms with Crippen LogP contribution in [0.15, 0.2) is 138 Å². The maximum atomic E-state index is 6.96. The molecule has 0 amide bonds. The molecule has 10 rings (SSSR count). The SMILES string of the molecule is CC1(C)c2c(ccc3ccccc23)-c2ccc3cc(N(c4ccccc4)c4cccc5c4oc4c(C6CCCC6)cccc45)ccc3c21. The Morgan fingerprint density at radius 1 is 0.542 bits per heavy atom. The highest BCUT2D eigenvalue weighted by Crippen LogP contribution is 2.54. The van der Waals surface area contributed by atoms with Crippen LogP contribution in [0, 0.1) is 0 Å². The molecule has 232 valence electrons. The van der Waals surface area contributed by atoms with Crippen LogP contribution in [-0.4, -0.2) is 0 Å². The fourth-order valence-corrected chi connectivity index (χ4v) is 9.21. The molecular formula is C46H37NO. The Hall–Kier alpha value is -5.34. The Morgan fingerprint density at radius 2 is 1.19 bits per heavy atom. The quantitative estimate of drug-likeness (QED) is 0.195. The van der Waals surface area contributed by atoms with Gasteiger partial charge in [-0.25, -0.2) is 0 Å². The predicted molar refractivity (Wildman–Crippen MR) is 202 cm³/mol. The van der Waals surface area contributed by atoms with E-state index in [9.17, 15) is 0 Å². The first-order valence-corrected chi connectivity index (χ1v) is 17.5. The Bertz CT molecular complexity index is 2550. The second kappa shape index (κ2) is 10.3. The molecule has 2 heteroatoms. The molecule has 0 bridgehead atoms. The maximum Gasteiger partial charge on any atom is 0.159 e. The van der Waals surface area contributed by atoms with Gasteiger partial charge in [0.2, 0.25) is 0 Å². The van der Waals surface area contributed by atoms with Crippen molar-refractivity contribution >= 4 is 60.5 Å². The fraction of sp³-hybridized carbons (Fsp3) is 0.174. The minimum absolute atomic E-state index is 0.122. The zero-order valence-corrected chi connectivity index (χ0v) is 27.5. The molecule has 0 radical (unpaired) electrons. The van der Waals surface area contributed by atoms with Crippen molar-refractivity contribution in [2.75, 3.05) is 4.90 Å². The Morgan fingerprint density at radius 3 is 1.98 bits per heavy atom. The number of anilines is 3. The lowest BCUT2D eigenvalue weighted by atomic mass is 9.78. The van der Waals surface area contributed by atoms with Crippen molar-refractivity contribution in [1.82, 2.24) is 0 Å². The molecule has 0 aliphatic heterocycles. The monoisotopic (exact) mass is 619 g/mol. The van der Waals surface area contributed by atoms with Crippen LogP contribution in [0.5, 0.6) is 0 Å². The number of rotatable bonds is 4. The van der Waals surface area contributed by atoms with Gasteiger partial charge in [-0.3, -0.25) is 0 Å². The molecule has 1 fully saturated rings. The average molecular weight is 620 g/mol. The summed E-state index contributed by atoms with van der Waals surface area (Å²) >= 11 is 0. The number of para-hydroxylation sites is 3. The van der Waals surface area contributed by atoms with Gasteiger partial charge >= 0.3 is 0 Å². The van der Waals surface area contributed by atoms with E-state index < -0.39 is 0 Å². The second-order valence-electron chi connectivity index (χ2n) is 14.4. The lowest BCUT2D eigenvalue weighted by molar-refractivity contribution is 0.643. The van der Waals surface area contributed by atoms with Crippen molar-refractivity contribution in [2.45, 2.75) is 50.9 Å². The number of nitrogens with zero attached hydrogens (tertiary/aromatic N) is 1. The van der Waals surface area contributed by atoms with E-state index in [1.807, 2.05) is 0 Å².